The molecule has 4 aromatic rings. The van der Waals surface area contributed by atoms with Gasteiger partial charge in [0.1, 0.15) is 11.5 Å². The van der Waals surface area contributed by atoms with Crippen LogP contribution in [0.1, 0.15) is 50.5 Å². The molecule has 1 aliphatic heterocycles. The second-order valence-corrected chi connectivity index (χ2v) is 17.7. The molecule has 0 spiro atoms. The average Bonchev–Trinajstić information content (AvgIpc) is 3.47. The Morgan fingerprint density at radius 1 is 0.800 bits per heavy atom. The maximum absolute atomic E-state index is 14.6. The molecule has 5 rings (SSSR count). The maximum atomic E-state index is 14.6. The quantitative estimate of drug-likeness (QED) is 0.160. The maximum Gasteiger partial charge on any atom is 0.322 e. The number of benzene rings is 4. The summed E-state index contributed by atoms with van der Waals surface area (Å²) in [5.74, 6) is -0.902. The van der Waals surface area contributed by atoms with E-state index in [0.717, 1.165) is 26.0 Å². The highest BCUT2D eigenvalue weighted by Gasteiger charge is 2.64. The molecule has 1 saturated heterocycles. The largest absolute Gasteiger partial charge is 0.468 e. The van der Waals surface area contributed by atoms with Gasteiger partial charge in [0.15, 0.2) is 0 Å². The van der Waals surface area contributed by atoms with Crippen molar-refractivity contribution >= 4 is 46.6 Å². The molecule has 0 unspecified atom stereocenters. The van der Waals surface area contributed by atoms with Gasteiger partial charge in [-0.25, -0.2) is 0 Å². The predicted octanol–water partition coefficient (Wildman–Crippen LogP) is 6.50. The SMILES string of the molecule is COC(=O)[C@H]1C[C@](C(=O)OC)([C@H](O[Si](c2ccccc2)(c2ccccc2)C(C)(C)C)c2ccccc2)[C@@H](c2ccc(Br)cc2)N1. The van der Waals surface area contributed by atoms with Crippen LogP contribution in [0.5, 0.6) is 0 Å². The van der Waals surface area contributed by atoms with Crippen LogP contribution < -0.4 is 15.7 Å². The van der Waals surface area contributed by atoms with Gasteiger partial charge in [0.2, 0.25) is 0 Å². The van der Waals surface area contributed by atoms with E-state index in [9.17, 15) is 9.59 Å². The molecule has 0 saturated carbocycles. The number of ether oxygens (including phenoxy) is 2. The van der Waals surface area contributed by atoms with E-state index in [1.807, 2.05) is 91.0 Å². The lowest BCUT2D eigenvalue weighted by molar-refractivity contribution is -0.161. The van der Waals surface area contributed by atoms with Crippen molar-refractivity contribution in [3.63, 3.8) is 0 Å². The van der Waals surface area contributed by atoms with E-state index in [0.29, 0.717) is 0 Å². The lowest BCUT2D eigenvalue weighted by Gasteiger charge is -2.49. The first kappa shape index (κ1) is 32.8. The second kappa shape index (κ2) is 13.4. The lowest BCUT2D eigenvalue weighted by atomic mass is 9.70. The third-order valence-corrected chi connectivity index (χ3v) is 14.5. The van der Waals surface area contributed by atoms with E-state index >= 15 is 0 Å². The van der Waals surface area contributed by atoms with E-state index in [1.165, 1.54) is 14.2 Å². The molecule has 0 bridgehead atoms. The number of carbonyl (C=O) groups is 2. The van der Waals surface area contributed by atoms with Crippen LogP contribution in [0.15, 0.2) is 120 Å². The molecule has 6 nitrogen and oxygen atoms in total. The molecule has 4 aromatic carbocycles. The molecule has 1 aliphatic rings. The first-order valence-corrected chi connectivity index (χ1v) is 17.8. The van der Waals surface area contributed by atoms with Crippen LogP contribution in [-0.4, -0.2) is 40.5 Å². The van der Waals surface area contributed by atoms with E-state index < -0.39 is 43.9 Å². The average molecular weight is 687 g/mol. The minimum atomic E-state index is -3.22. The molecule has 0 aliphatic carbocycles. The second-order valence-electron chi connectivity index (χ2n) is 12.5. The van der Waals surface area contributed by atoms with Crippen molar-refractivity contribution in [1.29, 1.82) is 0 Å². The molecule has 4 atom stereocenters. The van der Waals surface area contributed by atoms with Gasteiger partial charge in [-0.15, -0.1) is 0 Å². The molecule has 234 valence electrons. The first-order chi connectivity index (χ1) is 21.6. The van der Waals surface area contributed by atoms with Crippen LogP contribution in [0.3, 0.4) is 0 Å². The number of esters is 2. The Hall–Kier alpha value is -3.56. The molecule has 0 aromatic heterocycles. The van der Waals surface area contributed by atoms with Gasteiger partial charge < -0.3 is 13.9 Å². The van der Waals surface area contributed by atoms with Gasteiger partial charge in [0.25, 0.3) is 8.32 Å². The Morgan fingerprint density at radius 2 is 1.31 bits per heavy atom. The zero-order chi connectivity index (χ0) is 32.2. The summed E-state index contributed by atoms with van der Waals surface area (Å²) in [5.41, 5.74) is 0.308. The van der Waals surface area contributed by atoms with Crippen molar-refractivity contribution in [2.45, 2.75) is 50.4 Å². The fourth-order valence-electron chi connectivity index (χ4n) is 6.93. The number of nitrogens with one attached hydrogen (secondary N) is 1. The van der Waals surface area contributed by atoms with Crippen molar-refractivity contribution in [3.05, 3.63) is 131 Å². The Labute approximate surface area is 275 Å². The Balaban J connectivity index is 1.85. The number of carbonyl (C=O) groups excluding carboxylic acids is 2. The molecule has 8 heteroatoms. The van der Waals surface area contributed by atoms with Crippen LogP contribution in [0.25, 0.3) is 0 Å². The van der Waals surface area contributed by atoms with Crippen molar-refractivity contribution < 1.29 is 23.5 Å². The summed E-state index contributed by atoms with van der Waals surface area (Å²) in [6.07, 6.45) is -0.696. The normalized spacial score (nSPS) is 20.8. The highest BCUT2D eigenvalue weighted by atomic mass is 79.9. The van der Waals surface area contributed by atoms with Crippen LogP contribution in [-0.2, 0) is 23.5 Å². The predicted molar refractivity (Wildman–Crippen MR) is 183 cm³/mol. The number of halogens is 1. The third kappa shape index (κ3) is 6.04. The summed E-state index contributed by atoms with van der Waals surface area (Å²) < 4.78 is 19.7. The smallest absolute Gasteiger partial charge is 0.322 e. The van der Waals surface area contributed by atoms with E-state index in [4.69, 9.17) is 13.9 Å². The molecular formula is C37H40BrNO5Si. The summed E-state index contributed by atoms with van der Waals surface area (Å²) in [6.45, 7) is 6.63. The molecule has 1 N–H and O–H groups in total. The fourth-order valence-corrected chi connectivity index (χ4v) is 11.9. The summed E-state index contributed by atoms with van der Waals surface area (Å²) in [4.78, 5) is 27.8. The van der Waals surface area contributed by atoms with Crippen LogP contribution >= 0.6 is 15.9 Å². The van der Waals surface area contributed by atoms with E-state index in [-0.39, 0.29) is 11.5 Å². The Kier molecular flexibility index (Phi) is 9.79. The van der Waals surface area contributed by atoms with Gasteiger partial charge in [0.05, 0.1) is 26.4 Å². The molecule has 1 heterocycles. The minimum absolute atomic E-state index is 0.116. The Morgan fingerprint density at radius 3 is 1.78 bits per heavy atom. The van der Waals surface area contributed by atoms with Crippen molar-refractivity contribution in [2.75, 3.05) is 14.2 Å². The van der Waals surface area contributed by atoms with Crippen molar-refractivity contribution in [1.82, 2.24) is 5.32 Å². The van der Waals surface area contributed by atoms with Crippen LogP contribution in [0.4, 0.5) is 0 Å². The number of hydrogen-bond donors (Lipinski definition) is 1. The van der Waals surface area contributed by atoms with Gasteiger partial charge in [-0.2, -0.15) is 0 Å². The molecule has 0 amide bonds. The van der Waals surface area contributed by atoms with Crippen LogP contribution in [0.2, 0.25) is 5.04 Å². The summed E-state index contributed by atoms with van der Waals surface area (Å²) in [5, 5.41) is 5.28. The summed E-state index contributed by atoms with van der Waals surface area (Å²) >= 11 is 3.55. The minimum Gasteiger partial charge on any atom is -0.468 e. The fraction of sp³-hybridized carbons (Fsp3) is 0.297. The number of hydrogen-bond acceptors (Lipinski definition) is 6. The van der Waals surface area contributed by atoms with Gasteiger partial charge in [-0.05, 0) is 45.1 Å². The molecular weight excluding hydrogens is 646 g/mol. The van der Waals surface area contributed by atoms with Crippen LogP contribution in [0, 0.1) is 5.41 Å². The van der Waals surface area contributed by atoms with Gasteiger partial charge in [-0.1, -0.05) is 140 Å². The third-order valence-electron chi connectivity index (χ3n) is 8.96. The Bertz CT molecular complexity index is 1560. The summed E-state index contributed by atoms with van der Waals surface area (Å²) in [7, 11) is -0.457. The number of rotatable bonds is 9. The highest BCUT2D eigenvalue weighted by molar-refractivity contribution is 9.10. The molecule has 1 fully saturated rings. The zero-order valence-electron chi connectivity index (χ0n) is 26.3. The zero-order valence-corrected chi connectivity index (χ0v) is 28.9. The first-order valence-electron chi connectivity index (χ1n) is 15.1. The molecule has 45 heavy (non-hydrogen) atoms. The number of methoxy groups -OCH3 is 2. The van der Waals surface area contributed by atoms with Crippen molar-refractivity contribution in [3.8, 4) is 0 Å². The monoisotopic (exact) mass is 685 g/mol. The van der Waals surface area contributed by atoms with E-state index in [2.05, 4.69) is 66.3 Å². The van der Waals surface area contributed by atoms with Gasteiger partial charge >= 0.3 is 11.9 Å². The topological polar surface area (TPSA) is 73.9 Å². The standard InChI is InChI=1S/C37H40BrNO5Si/c1-36(2,3)45(29-17-11-7-12-18-29,30-19-13-8-14-20-30)44-33(27-15-9-6-10-16-27)37(35(41)43-5)25-31(34(40)42-4)39-32(37)26-21-23-28(38)24-22-26/h6-24,31-33,39H,25H2,1-5H3/t31-,32-,33-,37-/m1/s1. The van der Waals surface area contributed by atoms with E-state index in [1.54, 1.807) is 0 Å². The summed E-state index contributed by atoms with van der Waals surface area (Å²) in [6, 6.07) is 36.9. The van der Waals surface area contributed by atoms with Gasteiger partial charge in [-0.3, -0.25) is 14.9 Å². The highest BCUT2D eigenvalue weighted by Crippen LogP contribution is 2.56. The lowest BCUT2D eigenvalue weighted by Crippen LogP contribution is -2.68. The van der Waals surface area contributed by atoms with Crippen molar-refractivity contribution in [2.24, 2.45) is 5.41 Å². The van der Waals surface area contributed by atoms with Gasteiger partial charge in [0, 0.05) is 4.47 Å². The molecule has 0 radical (unpaired) electrons.